The number of hydrogen-bond acceptors (Lipinski definition) is 1. The first-order valence-electron chi connectivity index (χ1n) is 17.2. The molecule has 0 fully saturated rings. The molecule has 236 valence electrons. The van der Waals surface area contributed by atoms with Gasteiger partial charge in [0, 0.05) is 38.9 Å². The number of anilines is 3. The molecule has 0 spiro atoms. The highest BCUT2D eigenvalue weighted by Crippen LogP contribution is 2.51. The minimum Gasteiger partial charge on any atom is -0.310 e. The van der Waals surface area contributed by atoms with Crippen LogP contribution in [0.4, 0.5) is 17.1 Å². The molecule has 0 N–H and O–H groups in total. The molecule has 2 heteroatoms. The summed E-state index contributed by atoms with van der Waals surface area (Å²) < 4.78 is 2.45. The van der Waals surface area contributed by atoms with E-state index >= 15 is 0 Å². The normalized spacial score (nSPS) is 13.1. The first-order chi connectivity index (χ1) is 23.9. The van der Waals surface area contributed by atoms with Gasteiger partial charge in [-0.05, 0) is 125 Å². The maximum atomic E-state index is 2.46. The van der Waals surface area contributed by atoms with Gasteiger partial charge in [0.1, 0.15) is 0 Å². The van der Waals surface area contributed by atoms with Gasteiger partial charge in [0.05, 0.1) is 11.0 Å². The van der Waals surface area contributed by atoms with Gasteiger partial charge in [0.15, 0.2) is 0 Å². The number of rotatable bonds is 5. The van der Waals surface area contributed by atoms with Crippen LogP contribution < -0.4 is 4.90 Å². The lowest BCUT2D eigenvalue weighted by atomic mass is 9.82. The molecule has 0 saturated carbocycles. The van der Waals surface area contributed by atoms with E-state index in [0.29, 0.717) is 0 Å². The molecule has 2 nitrogen and oxygen atoms in total. The molecule has 1 aliphatic carbocycles. The lowest BCUT2D eigenvalue weighted by Crippen LogP contribution is -2.14. The number of nitrogens with zero attached hydrogens (tertiary/aromatic N) is 2. The molecule has 0 amide bonds. The van der Waals surface area contributed by atoms with E-state index in [1.165, 1.54) is 83.4 Å². The number of aromatic nitrogens is 1. The zero-order chi connectivity index (χ0) is 33.3. The fourth-order valence-corrected chi connectivity index (χ4v) is 8.13. The van der Waals surface area contributed by atoms with E-state index in [1.54, 1.807) is 0 Å². The second kappa shape index (κ2) is 11.1. The average Bonchev–Trinajstić information content (AvgIpc) is 3.57. The van der Waals surface area contributed by atoms with E-state index in [4.69, 9.17) is 0 Å². The van der Waals surface area contributed by atoms with Crippen LogP contribution in [0, 0.1) is 13.8 Å². The van der Waals surface area contributed by atoms with Crippen molar-refractivity contribution in [1.82, 2.24) is 4.57 Å². The standard InChI is InChI=1S/C47H38N2/c1-31-15-11-14-22-43(31)48(35-16-7-5-8-17-35)44-25-23-33(27-32(44)2)34-24-26-45-39(28-34)40-29-38-37-20-12-13-21-41(37)47(3,4)42(38)30-46(40)49(45)36-18-9-6-10-19-36/h5-30H,1-4H3. The van der Waals surface area contributed by atoms with Crippen LogP contribution in [0.3, 0.4) is 0 Å². The summed E-state index contributed by atoms with van der Waals surface area (Å²) in [6, 6.07) is 57.9. The molecule has 0 bridgehead atoms. The number of aryl methyl sites for hydroxylation is 2. The van der Waals surface area contributed by atoms with Crippen LogP contribution in [-0.2, 0) is 5.41 Å². The highest BCUT2D eigenvalue weighted by atomic mass is 15.1. The van der Waals surface area contributed by atoms with Gasteiger partial charge < -0.3 is 9.47 Å². The molecular weight excluding hydrogens is 593 g/mol. The topological polar surface area (TPSA) is 8.17 Å². The number of para-hydroxylation sites is 3. The Morgan fingerprint density at radius 2 is 1.10 bits per heavy atom. The third-order valence-corrected chi connectivity index (χ3v) is 10.6. The molecule has 0 atom stereocenters. The Labute approximate surface area is 288 Å². The van der Waals surface area contributed by atoms with Crippen LogP contribution >= 0.6 is 0 Å². The van der Waals surface area contributed by atoms with Gasteiger partial charge in [0.2, 0.25) is 0 Å². The fraction of sp³-hybridized carbons (Fsp3) is 0.106. The van der Waals surface area contributed by atoms with Gasteiger partial charge in [-0.3, -0.25) is 0 Å². The van der Waals surface area contributed by atoms with Crippen LogP contribution in [0.15, 0.2) is 158 Å². The van der Waals surface area contributed by atoms with Gasteiger partial charge in [-0.1, -0.05) is 105 Å². The van der Waals surface area contributed by atoms with Gasteiger partial charge in [0.25, 0.3) is 0 Å². The minimum atomic E-state index is -0.0611. The first-order valence-corrected chi connectivity index (χ1v) is 17.2. The SMILES string of the molecule is Cc1ccccc1N(c1ccccc1)c1ccc(-c2ccc3c(c2)c2cc4c(cc2n3-c2ccccc2)C(C)(C)c2ccccc2-4)cc1C. The summed E-state index contributed by atoms with van der Waals surface area (Å²) in [5, 5.41) is 2.56. The summed E-state index contributed by atoms with van der Waals surface area (Å²) in [6.45, 7) is 9.14. The van der Waals surface area contributed by atoms with Crippen molar-refractivity contribution in [3.63, 3.8) is 0 Å². The van der Waals surface area contributed by atoms with E-state index in [2.05, 4.69) is 195 Å². The van der Waals surface area contributed by atoms with Crippen molar-refractivity contribution in [1.29, 1.82) is 0 Å². The Hall–Kier alpha value is -5.86. The molecule has 9 rings (SSSR count). The van der Waals surface area contributed by atoms with E-state index in [9.17, 15) is 0 Å². The maximum Gasteiger partial charge on any atom is 0.0544 e. The van der Waals surface area contributed by atoms with Crippen molar-refractivity contribution >= 4 is 38.9 Å². The van der Waals surface area contributed by atoms with Crippen molar-refractivity contribution < 1.29 is 0 Å². The van der Waals surface area contributed by atoms with Gasteiger partial charge in [-0.15, -0.1) is 0 Å². The summed E-state index contributed by atoms with van der Waals surface area (Å²) in [4.78, 5) is 2.38. The third kappa shape index (κ3) is 4.55. The van der Waals surface area contributed by atoms with Crippen molar-refractivity contribution in [2.24, 2.45) is 0 Å². The zero-order valence-electron chi connectivity index (χ0n) is 28.4. The molecule has 0 saturated heterocycles. The highest BCUT2D eigenvalue weighted by Gasteiger charge is 2.36. The van der Waals surface area contributed by atoms with Crippen LogP contribution in [0.25, 0.3) is 49.7 Å². The molecule has 1 heterocycles. The molecule has 1 aromatic heterocycles. The highest BCUT2D eigenvalue weighted by molar-refractivity contribution is 6.12. The molecule has 0 unspecified atom stereocenters. The van der Waals surface area contributed by atoms with Gasteiger partial charge >= 0.3 is 0 Å². The Bertz CT molecular complexity index is 2540. The average molecular weight is 631 g/mol. The summed E-state index contributed by atoms with van der Waals surface area (Å²) in [5.41, 5.74) is 17.5. The number of benzene rings is 7. The summed E-state index contributed by atoms with van der Waals surface area (Å²) in [7, 11) is 0. The monoisotopic (exact) mass is 630 g/mol. The van der Waals surface area contributed by atoms with Crippen LogP contribution in [0.5, 0.6) is 0 Å². The van der Waals surface area contributed by atoms with Crippen LogP contribution in [0.1, 0.15) is 36.1 Å². The molecular formula is C47H38N2. The third-order valence-electron chi connectivity index (χ3n) is 10.6. The lowest BCUT2D eigenvalue weighted by Gasteiger charge is -2.28. The molecule has 7 aromatic carbocycles. The minimum absolute atomic E-state index is 0.0611. The smallest absolute Gasteiger partial charge is 0.0544 e. The molecule has 0 radical (unpaired) electrons. The summed E-state index contributed by atoms with van der Waals surface area (Å²) in [5.74, 6) is 0. The first kappa shape index (κ1) is 29.3. The van der Waals surface area contributed by atoms with Crippen LogP contribution in [-0.4, -0.2) is 4.57 Å². The van der Waals surface area contributed by atoms with E-state index in [0.717, 1.165) is 5.69 Å². The molecule has 0 aliphatic heterocycles. The summed E-state index contributed by atoms with van der Waals surface area (Å²) >= 11 is 0. The Kier molecular flexibility index (Phi) is 6.64. The maximum absolute atomic E-state index is 2.46. The predicted molar refractivity (Wildman–Crippen MR) is 208 cm³/mol. The molecule has 49 heavy (non-hydrogen) atoms. The second-order valence-electron chi connectivity index (χ2n) is 13.9. The van der Waals surface area contributed by atoms with Crippen molar-refractivity contribution in [2.45, 2.75) is 33.1 Å². The number of hydrogen-bond donors (Lipinski definition) is 0. The van der Waals surface area contributed by atoms with Crippen molar-refractivity contribution in [3.05, 3.63) is 180 Å². The summed E-state index contributed by atoms with van der Waals surface area (Å²) in [6.07, 6.45) is 0. The molecule has 1 aliphatic rings. The predicted octanol–water partition coefficient (Wildman–Crippen LogP) is 12.8. The van der Waals surface area contributed by atoms with Gasteiger partial charge in [-0.2, -0.15) is 0 Å². The quantitative estimate of drug-likeness (QED) is 0.184. The Morgan fingerprint density at radius 3 is 1.88 bits per heavy atom. The molecule has 8 aromatic rings. The van der Waals surface area contributed by atoms with Gasteiger partial charge in [-0.25, -0.2) is 0 Å². The zero-order valence-corrected chi connectivity index (χ0v) is 28.4. The van der Waals surface area contributed by atoms with E-state index < -0.39 is 0 Å². The lowest BCUT2D eigenvalue weighted by molar-refractivity contribution is 0.661. The second-order valence-corrected chi connectivity index (χ2v) is 13.9. The van der Waals surface area contributed by atoms with Crippen LogP contribution in [0.2, 0.25) is 0 Å². The Balaban J connectivity index is 1.23. The number of fused-ring (bicyclic) bond motifs is 6. The van der Waals surface area contributed by atoms with E-state index in [1.807, 2.05) is 0 Å². The van der Waals surface area contributed by atoms with Crippen molar-refractivity contribution in [2.75, 3.05) is 4.90 Å². The Morgan fingerprint density at radius 1 is 0.469 bits per heavy atom. The van der Waals surface area contributed by atoms with E-state index in [-0.39, 0.29) is 5.41 Å². The fourth-order valence-electron chi connectivity index (χ4n) is 8.13. The van der Waals surface area contributed by atoms with Crippen molar-refractivity contribution in [3.8, 4) is 27.9 Å². The largest absolute Gasteiger partial charge is 0.310 e.